The molecule has 2 aliphatic heterocycles. The lowest BCUT2D eigenvalue weighted by molar-refractivity contribution is -0.293. The van der Waals surface area contributed by atoms with Gasteiger partial charge in [0, 0.05) is 20.0 Å². The maximum Gasteiger partial charge on any atom is 0.265 e. The van der Waals surface area contributed by atoms with Gasteiger partial charge in [0.25, 0.3) is 10.1 Å². The third kappa shape index (κ3) is 7.14. The molecule has 1 aromatic carbocycles. The van der Waals surface area contributed by atoms with Gasteiger partial charge in [-0.1, -0.05) is 62.9 Å². The van der Waals surface area contributed by atoms with Crippen LogP contribution in [0.3, 0.4) is 0 Å². The van der Waals surface area contributed by atoms with Crippen LogP contribution >= 0.6 is 0 Å². The van der Waals surface area contributed by atoms with Gasteiger partial charge in [-0.25, -0.2) is 0 Å². The topological polar surface area (TPSA) is 89.5 Å². The van der Waals surface area contributed by atoms with Crippen molar-refractivity contribution >= 4 is 18.4 Å². The molecular formula is C25H38O8SSi. The van der Waals surface area contributed by atoms with E-state index in [1.165, 1.54) is 0 Å². The molecule has 2 aliphatic rings. The fourth-order valence-electron chi connectivity index (χ4n) is 3.90. The zero-order valence-electron chi connectivity index (χ0n) is 21.7. The lowest BCUT2D eigenvalue weighted by Crippen LogP contribution is -2.62. The average Bonchev–Trinajstić information content (AvgIpc) is 3.14. The summed E-state index contributed by atoms with van der Waals surface area (Å²) in [4.78, 5) is 0. The van der Waals surface area contributed by atoms with Gasteiger partial charge in [-0.15, -0.1) is 0 Å². The van der Waals surface area contributed by atoms with Gasteiger partial charge in [0.1, 0.15) is 18.3 Å². The van der Waals surface area contributed by atoms with Crippen molar-refractivity contribution in [2.24, 2.45) is 0 Å². The van der Waals surface area contributed by atoms with Crippen LogP contribution < -0.4 is 0 Å². The monoisotopic (exact) mass is 526 g/mol. The molecule has 2 saturated heterocycles. The van der Waals surface area contributed by atoms with Crippen LogP contribution in [-0.4, -0.2) is 67.1 Å². The molecule has 1 unspecified atom stereocenters. The van der Waals surface area contributed by atoms with Crippen LogP contribution in [-0.2, 0) is 44.3 Å². The van der Waals surface area contributed by atoms with Gasteiger partial charge in [0.2, 0.25) is 0 Å². The molecule has 2 heterocycles. The Morgan fingerprint density at radius 3 is 2.46 bits per heavy atom. The van der Waals surface area contributed by atoms with Crippen molar-refractivity contribution in [3.8, 4) is 11.8 Å². The van der Waals surface area contributed by atoms with Crippen molar-refractivity contribution in [3.05, 3.63) is 35.9 Å². The standard InChI is InChI=1S/C25H38O8SSi/c1-24(2,3)35(6,7)33-21-16-20(14-11-15-30-34(5,26)27)31-23-25(21,17-22(28-4)32-23)29-18-19-12-9-8-10-13-19/h8-10,12-13,20-23H,15-18H2,1-7H3/t20-,21+,22-,23?,25+/m1/s1. The first-order valence-corrected chi connectivity index (χ1v) is 16.5. The molecule has 8 nitrogen and oxygen atoms in total. The first-order valence-electron chi connectivity index (χ1n) is 11.8. The molecule has 0 aliphatic carbocycles. The van der Waals surface area contributed by atoms with E-state index in [1.807, 2.05) is 30.3 Å². The van der Waals surface area contributed by atoms with Gasteiger partial charge in [0.05, 0.1) is 19.0 Å². The normalized spacial score (nSPS) is 29.3. The second-order valence-electron chi connectivity index (χ2n) is 10.6. The average molecular weight is 527 g/mol. The second kappa shape index (κ2) is 11.0. The molecular weight excluding hydrogens is 488 g/mol. The Labute approximate surface area is 210 Å². The molecule has 35 heavy (non-hydrogen) atoms. The van der Waals surface area contributed by atoms with Crippen LogP contribution in [0.15, 0.2) is 30.3 Å². The van der Waals surface area contributed by atoms with E-state index in [4.69, 9.17) is 27.6 Å². The minimum atomic E-state index is -3.57. The zero-order valence-corrected chi connectivity index (χ0v) is 23.5. The predicted molar refractivity (Wildman–Crippen MR) is 134 cm³/mol. The molecule has 3 rings (SSSR count). The van der Waals surface area contributed by atoms with Crippen LogP contribution in [0.1, 0.15) is 39.2 Å². The van der Waals surface area contributed by atoms with Gasteiger partial charge in [0.15, 0.2) is 20.9 Å². The van der Waals surface area contributed by atoms with Crippen molar-refractivity contribution in [1.82, 2.24) is 0 Å². The smallest absolute Gasteiger partial charge is 0.265 e. The quantitative estimate of drug-likeness (QED) is 0.287. The van der Waals surface area contributed by atoms with Crippen LogP contribution in [0.2, 0.25) is 18.1 Å². The van der Waals surface area contributed by atoms with Crippen LogP contribution in [0.5, 0.6) is 0 Å². The van der Waals surface area contributed by atoms with Gasteiger partial charge in [-0.05, 0) is 23.7 Å². The number of hydrogen-bond acceptors (Lipinski definition) is 8. The number of rotatable bonds is 8. The Morgan fingerprint density at radius 2 is 1.86 bits per heavy atom. The van der Waals surface area contributed by atoms with Crippen molar-refractivity contribution in [3.63, 3.8) is 0 Å². The van der Waals surface area contributed by atoms with Crippen LogP contribution in [0.25, 0.3) is 0 Å². The molecule has 0 saturated carbocycles. The molecule has 1 aromatic rings. The number of hydrogen-bond donors (Lipinski definition) is 0. The first kappa shape index (κ1) is 28.3. The van der Waals surface area contributed by atoms with E-state index in [9.17, 15) is 8.42 Å². The molecule has 5 atom stereocenters. The number of methoxy groups -OCH3 is 1. The summed E-state index contributed by atoms with van der Waals surface area (Å²) in [6.45, 7) is 11.1. The van der Waals surface area contributed by atoms with E-state index in [0.29, 0.717) is 19.4 Å². The summed E-state index contributed by atoms with van der Waals surface area (Å²) in [6, 6.07) is 9.94. The molecule has 0 amide bonds. The van der Waals surface area contributed by atoms with E-state index in [0.717, 1.165) is 11.8 Å². The summed E-state index contributed by atoms with van der Waals surface area (Å²) in [5, 5.41) is -0.0218. The number of ether oxygens (including phenoxy) is 4. The van der Waals surface area contributed by atoms with Crippen molar-refractivity contribution in [1.29, 1.82) is 0 Å². The molecule has 0 spiro atoms. The predicted octanol–water partition coefficient (Wildman–Crippen LogP) is 3.82. The van der Waals surface area contributed by atoms with E-state index in [2.05, 4.69) is 45.7 Å². The lowest BCUT2D eigenvalue weighted by Gasteiger charge is -2.49. The second-order valence-corrected chi connectivity index (χ2v) is 17.0. The highest BCUT2D eigenvalue weighted by Crippen LogP contribution is 2.48. The van der Waals surface area contributed by atoms with E-state index in [-0.39, 0.29) is 17.7 Å². The fourth-order valence-corrected chi connectivity index (χ4v) is 5.54. The molecule has 0 N–H and O–H groups in total. The van der Waals surface area contributed by atoms with Gasteiger partial charge < -0.3 is 23.4 Å². The molecule has 10 heteroatoms. The van der Waals surface area contributed by atoms with Crippen molar-refractivity contribution < 1.29 is 36.0 Å². The van der Waals surface area contributed by atoms with E-state index >= 15 is 0 Å². The highest BCUT2D eigenvalue weighted by atomic mass is 32.2. The summed E-state index contributed by atoms with van der Waals surface area (Å²) in [6.07, 6.45) is -0.273. The van der Waals surface area contributed by atoms with Gasteiger partial charge in [-0.2, -0.15) is 8.42 Å². The zero-order chi connectivity index (χ0) is 25.9. The van der Waals surface area contributed by atoms with Crippen molar-refractivity contribution in [2.45, 2.75) is 88.7 Å². The number of fused-ring (bicyclic) bond motifs is 1. The Hall–Kier alpha value is -1.29. The Morgan fingerprint density at radius 1 is 1.17 bits per heavy atom. The third-order valence-electron chi connectivity index (χ3n) is 6.89. The largest absolute Gasteiger partial charge is 0.411 e. The molecule has 0 aromatic heterocycles. The highest BCUT2D eigenvalue weighted by molar-refractivity contribution is 7.86. The fraction of sp³-hybridized carbons (Fsp3) is 0.680. The molecule has 0 bridgehead atoms. The Balaban J connectivity index is 1.91. The molecule has 2 fully saturated rings. The summed E-state index contributed by atoms with van der Waals surface area (Å²) >= 11 is 0. The van der Waals surface area contributed by atoms with Crippen LogP contribution in [0.4, 0.5) is 0 Å². The van der Waals surface area contributed by atoms with E-state index in [1.54, 1.807) is 7.11 Å². The minimum absolute atomic E-state index is 0.0218. The maximum atomic E-state index is 11.2. The molecule has 0 radical (unpaired) electrons. The molecule has 196 valence electrons. The van der Waals surface area contributed by atoms with Crippen LogP contribution in [0, 0.1) is 11.8 Å². The maximum absolute atomic E-state index is 11.2. The summed E-state index contributed by atoms with van der Waals surface area (Å²) in [5.41, 5.74) is 0.153. The highest BCUT2D eigenvalue weighted by Gasteiger charge is 2.61. The van der Waals surface area contributed by atoms with E-state index < -0.39 is 42.7 Å². The number of benzene rings is 1. The lowest BCUT2D eigenvalue weighted by atomic mass is 9.87. The summed E-state index contributed by atoms with van der Waals surface area (Å²) < 4.78 is 58.7. The Kier molecular flexibility index (Phi) is 8.88. The van der Waals surface area contributed by atoms with Gasteiger partial charge in [-0.3, -0.25) is 4.18 Å². The first-order chi connectivity index (χ1) is 16.3. The van der Waals surface area contributed by atoms with Gasteiger partial charge >= 0.3 is 0 Å². The summed E-state index contributed by atoms with van der Waals surface area (Å²) in [5.74, 6) is 5.74. The SMILES string of the molecule is CO[C@H]1C[C@@]2(OCc3ccccc3)C(O1)O[C@H](C#CCOS(C)(=O)=O)C[C@@H]2O[Si](C)(C)C(C)(C)C. The minimum Gasteiger partial charge on any atom is -0.411 e. The van der Waals surface area contributed by atoms with Crippen molar-refractivity contribution in [2.75, 3.05) is 20.0 Å². The Bertz CT molecular complexity index is 1010. The summed E-state index contributed by atoms with van der Waals surface area (Å²) in [7, 11) is -4.19. The third-order valence-corrected chi connectivity index (χ3v) is 11.9.